The molecule has 0 aromatic heterocycles. The summed E-state index contributed by atoms with van der Waals surface area (Å²) in [4.78, 5) is 0.0381. The van der Waals surface area contributed by atoms with E-state index in [1.807, 2.05) is 36.4 Å². The molecule has 0 saturated heterocycles. The Balaban J connectivity index is 1.75. The first-order valence-corrected chi connectivity index (χ1v) is 8.91. The van der Waals surface area contributed by atoms with Gasteiger partial charge >= 0.3 is 0 Å². The monoisotopic (exact) mass is 350 g/mol. The average Bonchev–Trinajstić information content (AvgIpc) is 2.64. The second-order valence-corrected chi connectivity index (χ2v) is 6.87. The third kappa shape index (κ3) is 4.16. The van der Waals surface area contributed by atoms with Crippen LogP contribution in [0.3, 0.4) is 0 Å². The first kappa shape index (κ1) is 16.6. The Labute approximate surface area is 146 Å². The molecule has 0 atom stereocenters. The largest absolute Gasteiger partial charge is 0.457 e. The summed E-state index contributed by atoms with van der Waals surface area (Å²) in [6.45, 7) is 0. The zero-order valence-electron chi connectivity index (χ0n) is 13.1. The van der Waals surface area contributed by atoms with Gasteiger partial charge in [0.1, 0.15) is 11.5 Å². The quantitative estimate of drug-likeness (QED) is 0.749. The minimum Gasteiger partial charge on any atom is -0.457 e. The van der Waals surface area contributed by atoms with Gasteiger partial charge in [-0.1, -0.05) is 24.3 Å². The van der Waals surface area contributed by atoms with Crippen LogP contribution in [0.5, 0.6) is 11.5 Å². The molecule has 0 unspecified atom stereocenters. The third-order valence-electron chi connectivity index (χ3n) is 3.36. The van der Waals surface area contributed by atoms with E-state index in [-0.39, 0.29) is 10.5 Å². The summed E-state index contributed by atoms with van der Waals surface area (Å²) < 4.78 is 32.9. The Morgan fingerprint density at radius 1 is 0.840 bits per heavy atom. The summed E-state index contributed by atoms with van der Waals surface area (Å²) in [5.41, 5.74) is 0.692. The van der Waals surface area contributed by atoms with Crippen molar-refractivity contribution in [3.63, 3.8) is 0 Å². The van der Waals surface area contributed by atoms with Crippen LogP contribution in [0, 0.1) is 11.3 Å². The van der Waals surface area contributed by atoms with Crippen molar-refractivity contribution in [3.05, 3.63) is 84.4 Å². The Hall–Kier alpha value is -3.30. The predicted octanol–water partition coefficient (Wildman–Crippen LogP) is 4.15. The lowest BCUT2D eigenvalue weighted by Crippen LogP contribution is -2.12. The summed E-state index contributed by atoms with van der Waals surface area (Å²) >= 11 is 0. The fourth-order valence-corrected chi connectivity index (χ4v) is 3.27. The van der Waals surface area contributed by atoms with Gasteiger partial charge < -0.3 is 4.74 Å². The van der Waals surface area contributed by atoms with Crippen molar-refractivity contribution in [2.24, 2.45) is 0 Å². The predicted molar refractivity (Wildman–Crippen MR) is 94.9 cm³/mol. The summed E-state index contributed by atoms with van der Waals surface area (Å²) in [7, 11) is -3.76. The van der Waals surface area contributed by atoms with Gasteiger partial charge in [-0.15, -0.1) is 0 Å². The lowest BCUT2D eigenvalue weighted by atomic mass is 10.2. The van der Waals surface area contributed by atoms with E-state index in [0.29, 0.717) is 17.2 Å². The highest BCUT2D eigenvalue weighted by Crippen LogP contribution is 2.24. The number of nitrogens with one attached hydrogen (secondary N) is 1. The van der Waals surface area contributed by atoms with Gasteiger partial charge in [-0.2, -0.15) is 5.26 Å². The Bertz CT molecular complexity index is 1010. The van der Waals surface area contributed by atoms with Crippen molar-refractivity contribution in [3.8, 4) is 17.6 Å². The fourth-order valence-electron chi connectivity index (χ4n) is 2.16. The Morgan fingerprint density at radius 3 is 2.20 bits per heavy atom. The smallest absolute Gasteiger partial charge is 0.261 e. The summed E-state index contributed by atoms with van der Waals surface area (Å²) in [6, 6.07) is 23.7. The molecule has 5 nitrogen and oxygen atoms in total. The van der Waals surface area contributed by atoms with Crippen molar-refractivity contribution >= 4 is 15.7 Å². The van der Waals surface area contributed by atoms with Crippen LogP contribution in [0.4, 0.5) is 5.69 Å². The van der Waals surface area contributed by atoms with Crippen LogP contribution >= 0.6 is 0 Å². The maximum atomic E-state index is 12.4. The van der Waals surface area contributed by atoms with Gasteiger partial charge in [0, 0.05) is 5.69 Å². The molecule has 3 rings (SSSR count). The van der Waals surface area contributed by atoms with Gasteiger partial charge in [-0.25, -0.2) is 8.42 Å². The number of nitriles is 1. The van der Waals surface area contributed by atoms with Crippen LogP contribution in [0.25, 0.3) is 0 Å². The van der Waals surface area contributed by atoms with E-state index >= 15 is 0 Å². The van der Waals surface area contributed by atoms with Crippen LogP contribution in [-0.2, 0) is 10.0 Å². The highest BCUT2D eigenvalue weighted by molar-refractivity contribution is 7.92. The number of sulfonamides is 1. The summed E-state index contributed by atoms with van der Waals surface area (Å²) in [6.07, 6.45) is 0. The molecule has 0 heterocycles. The van der Waals surface area contributed by atoms with Crippen molar-refractivity contribution in [2.75, 3.05) is 4.72 Å². The maximum Gasteiger partial charge on any atom is 0.261 e. The number of hydrogen-bond donors (Lipinski definition) is 1. The molecule has 1 N–H and O–H groups in total. The molecule has 6 heteroatoms. The topological polar surface area (TPSA) is 79.2 Å². The average molecular weight is 350 g/mol. The number of anilines is 1. The number of benzene rings is 3. The van der Waals surface area contributed by atoms with Gasteiger partial charge in [0.25, 0.3) is 10.0 Å². The Morgan fingerprint density at radius 2 is 1.52 bits per heavy atom. The molecule has 0 aliphatic rings. The van der Waals surface area contributed by atoms with E-state index in [0.717, 1.165) is 0 Å². The Kier molecular flexibility index (Phi) is 4.68. The zero-order chi connectivity index (χ0) is 17.7. The van der Waals surface area contributed by atoms with E-state index in [1.165, 1.54) is 18.2 Å². The van der Waals surface area contributed by atoms with E-state index in [2.05, 4.69) is 4.72 Å². The minimum absolute atomic E-state index is 0.0381. The second-order valence-electron chi connectivity index (χ2n) is 5.18. The highest BCUT2D eigenvalue weighted by atomic mass is 32.2. The molecule has 25 heavy (non-hydrogen) atoms. The summed E-state index contributed by atoms with van der Waals surface area (Å²) in [5.74, 6) is 1.30. The zero-order valence-corrected chi connectivity index (χ0v) is 13.9. The fraction of sp³-hybridized carbons (Fsp3) is 0. The molecule has 3 aromatic rings. The van der Waals surface area contributed by atoms with Crippen LogP contribution in [0.1, 0.15) is 5.56 Å². The lowest BCUT2D eigenvalue weighted by molar-refractivity contribution is 0.483. The molecule has 0 bridgehead atoms. The van der Waals surface area contributed by atoms with Gasteiger partial charge in [0.2, 0.25) is 0 Å². The maximum absolute atomic E-state index is 12.4. The number of ether oxygens (including phenoxy) is 1. The molecule has 3 aromatic carbocycles. The van der Waals surface area contributed by atoms with Crippen LogP contribution in [0.15, 0.2) is 83.8 Å². The molecule has 0 aliphatic heterocycles. The van der Waals surface area contributed by atoms with E-state index in [4.69, 9.17) is 10.00 Å². The second kappa shape index (κ2) is 7.07. The minimum atomic E-state index is -3.76. The van der Waals surface area contributed by atoms with Gasteiger partial charge in [0.15, 0.2) is 0 Å². The van der Waals surface area contributed by atoms with E-state index < -0.39 is 10.0 Å². The molecule has 0 spiro atoms. The van der Waals surface area contributed by atoms with E-state index in [1.54, 1.807) is 30.3 Å². The molecular weight excluding hydrogens is 336 g/mol. The number of rotatable bonds is 5. The number of nitrogens with zero attached hydrogens (tertiary/aromatic N) is 1. The van der Waals surface area contributed by atoms with Crippen molar-refractivity contribution in [2.45, 2.75) is 4.90 Å². The van der Waals surface area contributed by atoms with Gasteiger partial charge in [0.05, 0.1) is 16.5 Å². The van der Waals surface area contributed by atoms with Crippen LogP contribution < -0.4 is 9.46 Å². The van der Waals surface area contributed by atoms with Crippen molar-refractivity contribution in [1.82, 2.24) is 0 Å². The van der Waals surface area contributed by atoms with Gasteiger partial charge in [-0.05, 0) is 54.6 Å². The molecule has 0 radical (unpaired) electrons. The molecule has 124 valence electrons. The number of hydrogen-bond acceptors (Lipinski definition) is 4. The highest BCUT2D eigenvalue weighted by Gasteiger charge is 2.14. The standard InChI is InChI=1S/C19H14N2O3S/c20-14-15-5-4-8-19(13-15)25(22,23)21-16-9-11-18(12-10-16)24-17-6-2-1-3-7-17/h1-13,21H. The molecule has 0 amide bonds. The third-order valence-corrected chi connectivity index (χ3v) is 4.74. The van der Waals surface area contributed by atoms with E-state index in [9.17, 15) is 8.42 Å². The molecular formula is C19H14N2O3S. The first-order chi connectivity index (χ1) is 12.1. The molecule has 0 fully saturated rings. The van der Waals surface area contributed by atoms with Crippen LogP contribution in [-0.4, -0.2) is 8.42 Å². The molecule has 0 aliphatic carbocycles. The first-order valence-electron chi connectivity index (χ1n) is 7.43. The normalized spacial score (nSPS) is 10.7. The molecule has 0 saturated carbocycles. The summed E-state index contributed by atoms with van der Waals surface area (Å²) in [5, 5.41) is 8.89. The number of para-hydroxylation sites is 1. The van der Waals surface area contributed by atoms with Crippen molar-refractivity contribution in [1.29, 1.82) is 5.26 Å². The van der Waals surface area contributed by atoms with Gasteiger partial charge in [-0.3, -0.25) is 4.72 Å². The van der Waals surface area contributed by atoms with Crippen LogP contribution in [0.2, 0.25) is 0 Å². The SMILES string of the molecule is N#Cc1cccc(S(=O)(=O)Nc2ccc(Oc3ccccc3)cc2)c1. The lowest BCUT2D eigenvalue weighted by Gasteiger charge is -2.10. The van der Waals surface area contributed by atoms with Crippen molar-refractivity contribution < 1.29 is 13.2 Å².